The number of rotatable bonds is 2. The van der Waals surface area contributed by atoms with Crippen LogP contribution in [0, 0.1) is 0 Å². The molecule has 1 aliphatic rings. The lowest BCUT2D eigenvalue weighted by atomic mass is 9.75. The zero-order chi connectivity index (χ0) is 27.3. The first kappa shape index (κ1) is 22.6. The summed E-state index contributed by atoms with van der Waals surface area (Å²) in [5, 5.41) is 5.11. The van der Waals surface area contributed by atoms with Gasteiger partial charge in [-0.1, -0.05) is 80.6 Å². The predicted molar refractivity (Wildman–Crippen MR) is 170 cm³/mol. The summed E-state index contributed by atoms with van der Waals surface area (Å²) >= 11 is 0. The molecule has 0 saturated heterocycles. The van der Waals surface area contributed by atoms with E-state index in [1.807, 2.05) is 12.4 Å². The fraction of sp³-hybridized carbons (Fsp3) is 0.0789. The van der Waals surface area contributed by atoms with E-state index in [1.165, 1.54) is 77.2 Å². The number of pyridine rings is 1. The third-order valence-corrected chi connectivity index (χ3v) is 9.20. The van der Waals surface area contributed by atoms with Gasteiger partial charge >= 0.3 is 0 Å². The lowest BCUT2D eigenvalue weighted by molar-refractivity contribution is 0.628. The standard InChI is InChI=1S/C38H27N3/c1-38(2)31-19-20-39-23-36(31)41-35-18-16-25(22-30(35)28-12-8-13-32(38)37(28)41)24-15-17-34-29(21-24)27-11-6-7-14-33(27)40(34)26-9-4-3-5-10-26/h3-23H,1-2H3. The molecule has 3 aromatic heterocycles. The van der Waals surface area contributed by atoms with Gasteiger partial charge in [0.05, 0.1) is 34.0 Å². The number of hydrogen-bond donors (Lipinski definition) is 0. The van der Waals surface area contributed by atoms with E-state index in [2.05, 4.69) is 143 Å². The van der Waals surface area contributed by atoms with Crippen molar-refractivity contribution in [2.45, 2.75) is 19.3 Å². The summed E-state index contributed by atoms with van der Waals surface area (Å²) in [6.45, 7) is 4.66. The molecule has 5 aromatic carbocycles. The van der Waals surface area contributed by atoms with Crippen LogP contribution in [-0.4, -0.2) is 14.1 Å². The summed E-state index contributed by atoms with van der Waals surface area (Å²) in [6.07, 6.45) is 3.94. The average Bonchev–Trinajstić information content (AvgIpc) is 3.53. The van der Waals surface area contributed by atoms with E-state index in [1.54, 1.807) is 0 Å². The highest BCUT2D eigenvalue weighted by Crippen LogP contribution is 2.47. The van der Waals surface area contributed by atoms with Crippen molar-refractivity contribution >= 4 is 43.6 Å². The molecule has 8 aromatic rings. The van der Waals surface area contributed by atoms with Crippen LogP contribution < -0.4 is 0 Å². The maximum atomic E-state index is 4.53. The molecule has 41 heavy (non-hydrogen) atoms. The predicted octanol–water partition coefficient (Wildman–Crippen LogP) is 9.58. The largest absolute Gasteiger partial charge is 0.309 e. The quantitative estimate of drug-likeness (QED) is 0.220. The first-order chi connectivity index (χ1) is 20.1. The number of fused-ring (bicyclic) bond motifs is 8. The van der Waals surface area contributed by atoms with E-state index in [9.17, 15) is 0 Å². The molecule has 0 unspecified atom stereocenters. The maximum absolute atomic E-state index is 4.53. The molecule has 0 bridgehead atoms. The molecular formula is C38H27N3. The molecule has 0 radical (unpaired) electrons. The summed E-state index contributed by atoms with van der Waals surface area (Å²) in [5.41, 5.74) is 12.4. The lowest BCUT2D eigenvalue weighted by Crippen LogP contribution is -2.26. The second kappa shape index (κ2) is 7.96. The topological polar surface area (TPSA) is 22.8 Å². The molecular weight excluding hydrogens is 498 g/mol. The van der Waals surface area contributed by atoms with Crippen LogP contribution >= 0.6 is 0 Å². The van der Waals surface area contributed by atoms with Gasteiger partial charge in [0.15, 0.2) is 0 Å². The molecule has 0 amide bonds. The SMILES string of the molecule is CC1(C)c2ccncc2-n2c3ccc(-c4ccc5c(c4)c4ccccc4n5-c4ccccc4)cc3c3cccc1c32. The Morgan fingerprint density at radius 2 is 1.20 bits per heavy atom. The normalized spacial score (nSPS) is 13.8. The molecule has 0 fully saturated rings. The number of hydrogen-bond acceptors (Lipinski definition) is 1. The van der Waals surface area contributed by atoms with Gasteiger partial charge in [-0.25, -0.2) is 0 Å². The van der Waals surface area contributed by atoms with E-state index < -0.39 is 0 Å². The Hall–Kier alpha value is -5.15. The van der Waals surface area contributed by atoms with Crippen LogP contribution in [0.5, 0.6) is 0 Å². The average molecular weight is 526 g/mol. The third kappa shape index (κ3) is 2.95. The summed E-state index contributed by atoms with van der Waals surface area (Å²) in [5.74, 6) is 0. The van der Waals surface area contributed by atoms with E-state index >= 15 is 0 Å². The second-order valence-electron chi connectivity index (χ2n) is 11.7. The van der Waals surface area contributed by atoms with Crippen molar-refractivity contribution in [1.29, 1.82) is 0 Å². The lowest BCUT2D eigenvalue weighted by Gasteiger charge is -2.34. The Labute approximate surface area is 237 Å². The number of nitrogens with zero attached hydrogens (tertiary/aromatic N) is 3. The molecule has 0 N–H and O–H groups in total. The van der Waals surface area contributed by atoms with Gasteiger partial charge in [-0.15, -0.1) is 0 Å². The van der Waals surface area contributed by atoms with Crippen molar-refractivity contribution in [3.63, 3.8) is 0 Å². The van der Waals surface area contributed by atoms with Crippen LogP contribution in [0.25, 0.3) is 66.1 Å². The van der Waals surface area contributed by atoms with Crippen LogP contribution in [0.4, 0.5) is 0 Å². The molecule has 4 heterocycles. The van der Waals surface area contributed by atoms with Crippen molar-refractivity contribution in [3.05, 3.63) is 139 Å². The summed E-state index contributed by atoms with van der Waals surface area (Å²) < 4.78 is 4.80. The van der Waals surface area contributed by atoms with Crippen LogP contribution in [0.2, 0.25) is 0 Å². The fourth-order valence-corrected chi connectivity index (χ4v) is 7.25. The first-order valence-corrected chi connectivity index (χ1v) is 14.2. The Bertz CT molecular complexity index is 2330. The van der Waals surface area contributed by atoms with Crippen molar-refractivity contribution in [2.24, 2.45) is 0 Å². The first-order valence-electron chi connectivity index (χ1n) is 14.2. The van der Waals surface area contributed by atoms with E-state index in [0.29, 0.717) is 0 Å². The van der Waals surface area contributed by atoms with Gasteiger partial charge in [0.1, 0.15) is 0 Å². The van der Waals surface area contributed by atoms with Gasteiger partial charge in [-0.05, 0) is 70.8 Å². The number of aromatic nitrogens is 3. The molecule has 0 atom stereocenters. The van der Waals surface area contributed by atoms with Crippen molar-refractivity contribution in [2.75, 3.05) is 0 Å². The van der Waals surface area contributed by atoms with Crippen molar-refractivity contribution in [3.8, 4) is 22.5 Å². The van der Waals surface area contributed by atoms with Crippen LogP contribution in [-0.2, 0) is 5.41 Å². The summed E-state index contributed by atoms with van der Waals surface area (Å²) in [6, 6.07) is 42.2. The maximum Gasteiger partial charge on any atom is 0.0686 e. The van der Waals surface area contributed by atoms with E-state index in [0.717, 1.165) is 0 Å². The molecule has 194 valence electrons. The summed E-state index contributed by atoms with van der Waals surface area (Å²) in [7, 11) is 0. The highest BCUT2D eigenvalue weighted by molar-refractivity contribution is 6.14. The highest BCUT2D eigenvalue weighted by Gasteiger charge is 2.35. The third-order valence-electron chi connectivity index (χ3n) is 9.20. The van der Waals surface area contributed by atoms with E-state index in [-0.39, 0.29) is 5.41 Å². The Morgan fingerprint density at radius 1 is 0.537 bits per heavy atom. The number of para-hydroxylation sites is 3. The van der Waals surface area contributed by atoms with Crippen LogP contribution in [0.3, 0.4) is 0 Å². The fourth-order valence-electron chi connectivity index (χ4n) is 7.25. The Balaban J connectivity index is 1.30. The molecule has 1 aliphatic heterocycles. The monoisotopic (exact) mass is 525 g/mol. The van der Waals surface area contributed by atoms with Crippen LogP contribution in [0.15, 0.2) is 128 Å². The second-order valence-corrected chi connectivity index (χ2v) is 11.7. The molecule has 9 rings (SSSR count). The summed E-state index contributed by atoms with van der Waals surface area (Å²) in [4.78, 5) is 4.53. The smallest absolute Gasteiger partial charge is 0.0686 e. The molecule has 0 saturated carbocycles. The van der Waals surface area contributed by atoms with Gasteiger partial charge in [-0.2, -0.15) is 0 Å². The minimum absolute atomic E-state index is 0.0943. The van der Waals surface area contributed by atoms with E-state index in [4.69, 9.17) is 0 Å². The van der Waals surface area contributed by atoms with Gasteiger partial charge in [0.25, 0.3) is 0 Å². The van der Waals surface area contributed by atoms with Gasteiger partial charge < -0.3 is 9.13 Å². The Kier molecular flexibility index (Phi) is 4.39. The Morgan fingerprint density at radius 3 is 2.00 bits per heavy atom. The molecule has 3 heteroatoms. The van der Waals surface area contributed by atoms with Crippen molar-refractivity contribution in [1.82, 2.24) is 14.1 Å². The van der Waals surface area contributed by atoms with Crippen LogP contribution in [0.1, 0.15) is 25.0 Å². The zero-order valence-electron chi connectivity index (χ0n) is 23.0. The highest BCUT2D eigenvalue weighted by atomic mass is 15.0. The molecule has 0 aliphatic carbocycles. The molecule has 0 spiro atoms. The molecule has 3 nitrogen and oxygen atoms in total. The number of benzene rings is 5. The van der Waals surface area contributed by atoms with Gasteiger partial charge in [0, 0.05) is 38.8 Å². The minimum Gasteiger partial charge on any atom is -0.309 e. The van der Waals surface area contributed by atoms with Gasteiger partial charge in [-0.3, -0.25) is 4.98 Å². The zero-order valence-corrected chi connectivity index (χ0v) is 23.0. The van der Waals surface area contributed by atoms with Crippen molar-refractivity contribution < 1.29 is 0 Å². The minimum atomic E-state index is -0.0943. The van der Waals surface area contributed by atoms with Gasteiger partial charge in [0.2, 0.25) is 0 Å².